The summed E-state index contributed by atoms with van der Waals surface area (Å²) in [6.07, 6.45) is 0. The number of halogens is 1. The summed E-state index contributed by atoms with van der Waals surface area (Å²) in [7, 11) is -4.32. The maximum Gasteiger partial charge on any atom is 0.265 e. The highest BCUT2D eigenvalue weighted by molar-refractivity contribution is 7.89. The topological polar surface area (TPSA) is 104 Å². The number of sulfonamides is 1. The van der Waals surface area contributed by atoms with Gasteiger partial charge in [0, 0.05) is 17.7 Å². The van der Waals surface area contributed by atoms with E-state index >= 15 is 0 Å². The first-order valence-electron chi connectivity index (χ1n) is 9.95. The van der Waals surface area contributed by atoms with Crippen LogP contribution in [0.3, 0.4) is 0 Å². The van der Waals surface area contributed by atoms with Crippen molar-refractivity contribution >= 4 is 27.5 Å². The summed E-state index contributed by atoms with van der Waals surface area (Å²) < 4.78 is 40.4. The smallest absolute Gasteiger partial charge is 0.265 e. The molecule has 0 saturated carbocycles. The molecule has 0 radical (unpaired) electrons. The Balaban J connectivity index is 1.72. The van der Waals surface area contributed by atoms with Gasteiger partial charge in [0.25, 0.3) is 10.0 Å². The molecular weight excluding hydrogens is 447 g/mol. The van der Waals surface area contributed by atoms with Crippen molar-refractivity contribution < 1.29 is 27.5 Å². The molecule has 0 saturated heterocycles. The molecule has 1 amide bonds. The lowest BCUT2D eigenvalue weighted by Crippen LogP contribution is -2.45. The number of benzene rings is 3. The van der Waals surface area contributed by atoms with Crippen molar-refractivity contribution in [1.29, 1.82) is 0 Å². The van der Waals surface area contributed by atoms with E-state index in [9.17, 15) is 27.5 Å². The van der Waals surface area contributed by atoms with Crippen molar-refractivity contribution in [3.63, 3.8) is 0 Å². The molecule has 0 atom stereocenters. The Morgan fingerprint density at radius 1 is 0.939 bits per heavy atom. The van der Waals surface area contributed by atoms with Crippen molar-refractivity contribution in [2.24, 2.45) is 0 Å². The summed E-state index contributed by atoms with van der Waals surface area (Å²) in [5, 5.41) is 13.4. The van der Waals surface area contributed by atoms with Gasteiger partial charge in [-0.3, -0.25) is 9.59 Å². The number of nitrogens with one attached hydrogen (secondary N) is 1. The van der Waals surface area contributed by atoms with Gasteiger partial charge in [-0.1, -0.05) is 54.6 Å². The summed E-state index contributed by atoms with van der Waals surface area (Å²) in [6.45, 7) is -0.697. The highest BCUT2D eigenvalue weighted by Crippen LogP contribution is 2.35. The van der Waals surface area contributed by atoms with Crippen LogP contribution in [0.1, 0.15) is 21.5 Å². The van der Waals surface area contributed by atoms with E-state index in [0.717, 1.165) is 0 Å². The molecule has 1 heterocycles. The van der Waals surface area contributed by atoms with Crippen LogP contribution in [-0.2, 0) is 21.4 Å². The summed E-state index contributed by atoms with van der Waals surface area (Å²) in [5.74, 6) is -2.39. The Labute approximate surface area is 189 Å². The molecule has 0 aromatic heterocycles. The second-order valence-electron chi connectivity index (χ2n) is 7.30. The van der Waals surface area contributed by atoms with Crippen LogP contribution < -0.4 is 5.32 Å². The average molecular weight is 466 g/mol. The normalized spacial score (nSPS) is 16.2. The van der Waals surface area contributed by atoms with Crippen LogP contribution >= 0.6 is 0 Å². The zero-order valence-corrected chi connectivity index (χ0v) is 18.0. The number of carbonyl (C=O) groups is 2. The lowest BCUT2D eigenvalue weighted by atomic mass is 10.0. The molecule has 1 aliphatic rings. The maximum atomic E-state index is 13.3. The molecule has 168 valence electrons. The number of allylic oxidation sites excluding steroid dienone is 1. The van der Waals surface area contributed by atoms with Crippen LogP contribution in [-0.4, -0.2) is 36.1 Å². The Bertz CT molecular complexity index is 1350. The van der Waals surface area contributed by atoms with E-state index in [0.29, 0.717) is 9.87 Å². The second-order valence-corrected chi connectivity index (χ2v) is 9.13. The molecule has 3 aromatic carbocycles. The molecule has 0 fully saturated rings. The molecule has 0 aliphatic carbocycles. The molecule has 2 N–H and O–H groups in total. The molecule has 0 unspecified atom stereocenters. The summed E-state index contributed by atoms with van der Waals surface area (Å²) in [5.41, 5.74) is 0.248. The lowest BCUT2D eigenvalue weighted by molar-refractivity contribution is -0.121. The van der Waals surface area contributed by atoms with Gasteiger partial charge in [0.2, 0.25) is 11.7 Å². The van der Waals surface area contributed by atoms with E-state index in [1.165, 1.54) is 60.7 Å². The third kappa shape index (κ3) is 4.35. The van der Waals surface area contributed by atoms with Gasteiger partial charge >= 0.3 is 0 Å². The van der Waals surface area contributed by atoms with Gasteiger partial charge in [-0.15, -0.1) is 0 Å². The van der Waals surface area contributed by atoms with Crippen molar-refractivity contribution in [2.75, 3.05) is 6.54 Å². The molecule has 9 heteroatoms. The SMILES string of the molecule is O=C(CN1/C(=C(/O)c2ccccc2)C(=O)c2ccccc2S1(=O)=O)NCc1ccc(F)cc1. The van der Waals surface area contributed by atoms with Crippen LogP contribution in [0.4, 0.5) is 4.39 Å². The molecule has 0 bridgehead atoms. The number of fused-ring (bicyclic) bond motifs is 1. The second kappa shape index (κ2) is 8.87. The molecule has 0 spiro atoms. The van der Waals surface area contributed by atoms with Crippen molar-refractivity contribution in [2.45, 2.75) is 11.4 Å². The van der Waals surface area contributed by atoms with E-state index in [1.54, 1.807) is 18.2 Å². The number of aliphatic hydroxyl groups excluding tert-OH is 1. The Kier molecular flexibility index (Phi) is 5.97. The number of nitrogens with zero attached hydrogens (tertiary/aromatic N) is 1. The van der Waals surface area contributed by atoms with Gasteiger partial charge in [-0.25, -0.2) is 17.1 Å². The first-order valence-corrected chi connectivity index (χ1v) is 11.4. The molecule has 3 aromatic rings. The minimum absolute atomic E-state index is 0.0290. The van der Waals surface area contributed by atoms with Gasteiger partial charge in [0.15, 0.2) is 5.76 Å². The lowest BCUT2D eigenvalue weighted by Gasteiger charge is -2.31. The van der Waals surface area contributed by atoms with Crippen molar-refractivity contribution in [3.8, 4) is 0 Å². The zero-order chi connectivity index (χ0) is 23.6. The molecule has 33 heavy (non-hydrogen) atoms. The van der Waals surface area contributed by atoms with E-state index in [1.807, 2.05) is 0 Å². The van der Waals surface area contributed by atoms with E-state index in [2.05, 4.69) is 5.32 Å². The zero-order valence-electron chi connectivity index (χ0n) is 17.2. The predicted molar refractivity (Wildman–Crippen MR) is 119 cm³/mol. The first-order chi connectivity index (χ1) is 15.8. The van der Waals surface area contributed by atoms with Gasteiger partial charge in [0.05, 0.1) is 4.90 Å². The fourth-order valence-corrected chi connectivity index (χ4v) is 5.09. The number of Topliss-reactive ketones (excluding diaryl/α,β-unsaturated/α-hetero) is 1. The summed E-state index contributed by atoms with van der Waals surface area (Å²) in [4.78, 5) is 25.6. The van der Waals surface area contributed by atoms with E-state index in [4.69, 9.17) is 0 Å². The quantitative estimate of drug-likeness (QED) is 0.444. The molecular formula is C24H19FN2O5S. The number of amides is 1. The Morgan fingerprint density at radius 2 is 1.58 bits per heavy atom. The molecule has 1 aliphatic heterocycles. The van der Waals surface area contributed by atoms with Gasteiger partial charge in [-0.2, -0.15) is 0 Å². The number of hydrogen-bond donors (Lipinski definition) is 2. The van der Waals surface area contributed by atoms with Crippen LogP contribution in [0.2, 0.25) is 0 Å². The van der Waals surface area contributed by atoms with Crippen molar-refractivity contribution in [1.82, 2.24) is 9.62 Å². The maximum absolute atomic E-state index is 13.3. The van der Waals surface area contributed by atoms with Gasteiger partial charge in [0.1, 0.15) is 18.1 Å². The van der Waals surface area contributed by atoms with Crippen LogP contribution in [0.5, 0.6) is 0 Å². The van der Waals surface area contributed by atoms with E-state index < -0.39 is 45.5 Å². The van der Waals surface area contributed by atoms with Gasteiger partial charge < -0.3 is 10.4 Å². The fraction of sp³-hybridized carbons (Fsp3) is 0.0833. The number of aliphatic hydroxyl groups is 1. The number of hydrogen-bond acceptors (Lipinski definition) is 5. The highest BCUT2D eigenvalue weighted by Gasteiger charge is 2.42. The highest BCUT2D eigenvalue weighted by atomic mass is 32.2. The molecule has 7 nitrogen and oxygen atoms in total. The summed E-state index contributed by atoms with van der Waals surface area (Å²) in [6, 6.07) is 19.1. The van der Waals surface area contributed by atoms with Gasteiger partial charge in [-0.05, 0) is 29.8 Å². The number of rotatable bonds is 5. The van der Waals surface area contributed by atoms with Crippen LogP contribution in [0, 0.1) is 5.82 Å². The third-order valence-corrected chi connectivity index (χ3v) is 6.93. The monoisotopic (exact) mass is 466 g/mol. The minimum Gasteiger partial charge on any atom is -0.505 e. The van der Waals surface area contributed by atoms with Crippen LogP contribution in [0.25, 0.3) is 5.76 Å². The minimum atomic E-state index is -4.32. The van der Waals surface area contributed by atoms with Crippen molar-refractivity contribution in [3.05, 3.63) is 107 Å². The van der Waals surface area contributed by atoms with E-state index in [-0.39, 0.29) is 22.6 Å². The molecule has 4 rings (SSSR count). The van der Waals surface area contributed by atoms with Crippen LogP contribution in [0.15, 0.2) is 89.5 Å². The number of carbonyl (C=O) groups excluding carboxylic acids is 2. The summed E-state index contributed by atoms with van der Waals surface area (Å²) >= 11 is 0. The standard InChI is InChI=1S/C24H19FN2O5S/c25-18-12-10-16(11-13-18)14-26-21(28)15-27-22(23(29)17-6-2-1-3-7-17)24(30)19-8-4-5-9-20(19)33(27,31)32/h1-13,29H,14-15H2,(H,26,28)/b23-22+. The largest absolute Gasteiger partial charge is 0.505 e. The predicted octanol–water partition coefficient (Wildman–Crippen LogP) is 3.26. The Morgan fingerprint density at radius 3 is 2.27 bits per heavy atom. The third-order valence-electron chi connectivity index (χ3n) is 5.13. The first kappa shape index (κ1) is 22.2. The fourth-order valence-electron chi connectivity index (χ4n) is 3.47. The Hall–Kier alpha value is -3.98. The average Bonchev–Trinajstić information content (AvgIpc) is 2.83. The number of ketones is 1.